The molecule has 0 aromatic heterocycles. The first-order valence-electron chi connectivity index (χ1n) is 5.66. The summed E-state index contributed by atoms with van der Waals surface area (Å²) in [6.07, 6.45) is 0. The first-order chi connectivity index (χ1) is 9.95. The lowest BCUT2D eigenvalue weighted by molar-refractivity contribution is -0.119. The van der Waals surface area contributed by atoms with Gasteiger partial charge in [0.15, 0.2) is 17.2 Å². The molecule has 5 N–H and O–H groups in total. The van der Waals surface area contributed by atoms with Crippen molar-refractivity contribution in [3.05, 3.63) is 35.4 Å². The molecule has 8 nitrogen and oxygen atoms in total. The van der Waals surface area contributed by atoms with E-state index in [0.717, 1.165) is 0 Å². The molecule has 1 aliphatic heterocycles. The zero-order valence-electron chi connectivity index (χ0n) is 10.5. The Bertz CT molecular complexity index is 689. The minimum atomic E-state index is -1.93. The van der Waals surface area contributed by atoms with Gasteiger partial charge in [0.2, 0.25) is 0 Å². The van der Waals surface area contributed by atoms with Gasteiger partial charge in [0.1, 0.15) is 0 Å². The summed E-state index contributed by atoms with van der Waals surface area (Å²) < 4.78 is 12.7. The van der Waals surface area contributed by atoms with E-state index in [1.807, 2.05) is 4.72 Å². The van der Waals surface area contributed by atoms with Crippen LogP contribution in [0, 0.1) is 11.8 Å². The van der Waals surface area contributed by atoms with Crippen molar-refractivity contribution < 1.29 is 18.6 Å². The molecule has 2 rings (SSSR count). The summed E-state index contributed by atoms with van der Waals surface area (Å²) in [5.41, 5.74) is 0.820. The molecular formula is C12H10N4O4S. The van der Waals surface area contributed by atoms with Gasteiger partial charge in [-0.15, -0.1) is 0 Å². The van der Waals surface area contributed by atoms with Gasteiger partial charge in [0.05, 0.1) is 0 Å². The second kappa shape index (κ2) is 6.17. The fourth-order valence-electron chi connectivity index (χ4n) is 1.53. The molecule has 1 heterocycles. The maximum Gasteiger partial charge on any atom is 0.322 e. The third-order valence-corrected chi connectivity index (χ3v) is 2.86. The van der Waals surface area contributed by atoms with Crippen molar-refractivity contribution in [3.63, 3.8) is 0 Å². The van der Waals surface area contributed by atoms with Crippen molar-refractivity contribution in [1.29, 1.82) is 0 Å². The molecule has 1 aromatic rings. The highest BCUT2D eigenvalue weighted by Crippen LogP contribution is 2.03. The smallest absolute Gasteiger partial charge is 0.316 e. The Morgan fingerprint density at radius 3 is 2.48 bits per heavy atom. The lowest BCUT2D eigenvalue weighted by Gasteiger charge is -2.01. The van der Waals surface area contributed by atoms with Gasteiger partial charge >= 0.3 is 6.03 Å². The van der Waals surface area contributed by atoms with Crippen LogP contribution in [0.5, 0.6) is 0 Å². The van der Waals surface area contributed by atoms with E-state index in [-0.39, 0.29) is 5.56 Å². The number of rotatable bonds is 2. The number of nitrogens with two attached hydrogens (primary N) is 1. The van der Waals surface area contributed by atoms with E-state index >= 15 is 0 Å². The van der Waals surface area contributed by atoms with Crippen LogP contribution in [0.1, 0.15) is 15.9 Å². The largest absolute Gasteiger partial charge is 0.322 e. The number of amides is 4. The summed E-state index contributed by atoms with van der Waals surface area (Å²) in [5.74, 6) is 4.22. The molecule has 9 heteroatoms. The number of hydrogen-bond acceptors (Lipinski definition) is 4. The molecule has 21 heavy (non-hydrogen) atoms. The van der Waals surface area contributed by atoms with Crippen LogP contribution in [0.25, 0.3) is 0 Å². The van der Waals surface area contributed by atoms with E-state index in [9.17, 15) is 18.6 Å². The van der Waals surface area contributed by atoms with E-state index < -0.39 is 35.1 Å². The monoisotopic (exact) mass is 306 g/mol. The molecule has 0 saturated carbocycles. The molecule has 108 valence electrons. The molecule has 0 bridgehead atoms. The molecule has 1 aromatic carbocycles. The van der Waals surface area contributed by atoms with E-state index in [1.54, 1.807) is 12.1 Å². The highest BCUT2D eigenvalue weighted by Gasteiger charge is 2.27. The Kier molecular flexibility index (Phi) is 4.32. The fourth-order valence-corrected chi connectivity index (χ4v) is 1.83. The number of hydrogen-bond donors (Lipinski definition) is 4. The van der Waals surface area contributed by atoms with Crippen molar-refractivity contribution in [2.75, 3.05) is 0 Å². The quantitative estimate of drug-likeness (QED) is 0.392. The van der Waals surface area contributed by atoms with Crippen molar-refractivity contribution >= 4 is 29.0 Å². The Labute approximate surface area is 122 Å². The Hall–Kier alpha value is -2.70. The van der Waals surface area contributed by atoms with Crippen LogP contribution < -0.4 is 20.5 Å². The summed E-state index contributed by atoms with van der Waals surface area (Å²) >= 11 is -1.93. The summed E-state index contributed by atoms with van der Waals surface area (Å²) in [6.45, 7) is 0. The van der Waals surface area contributed by atoms with E-state index in [4.69, 9.17) is 5.14 Å². The zero-order valence-corrected chi connectivity index (χ0v) is 11.3. The van der Waals surface area contributed by atoms with E-state index in [2.05, 4.69) is 22.5 Å². The van der Waals surface area contributed by atoms with Gasteiger partial charge in [-0.1, -0.05) is 11.8 Å². The first kappa shape index (κ1) is 14.7. The molecule has 1 aliphatic rings. The molecule has 0 radical (unpaired) electrons. The normalized spacial score (nSPS) is 18.0. The lowest BCUT2D eigenvalue weighted by atomic mass is 10.1. The lowest BCUT2D eigenvalue weighted by Crippen LogP contribution is -2.30. The molecule has 0 aliphatic carbocycles. The molecule has 2 unspecified atom stereocenters. The van der Waals surface area contributed by atoms with Crippen LogP contribution >= 0.6 is 0 Å². The standard InChI is InChI=1S/C12H10N4O4S/c13-21(20)16-10(17)8-4-1-7(2-5-8)3-6-9-11(18)15-12(19)14-9/h1-2,4-5,9H,13H2,(H,16,17)(H2,14,15,18,19). The van der Waals surface area contributed by atoms with Gasteiger partial charge in [0, 0.05) is 11.1 Å². The molecule has 0 spiro atoms. The van der Waals surface area contributed by atoms with Gasteiger partial charge in [-0.3, -0.25) is 19.6 Å². The van der Waals surface area contributed by atoms with Gasteiger partial charge in [-0.2, -0.15) is 0 Å². The van der Waals surface area contributed by atoms with E-state index in [1.165, 1.54) is 12.1 Å². The minimum Gasteiger partial charge on any atom is -0.316 e. The third-order valence-electron chi connectivity index (χ3n) is 2.48. The van der Waals surface area contributed by atoms with E-state index in [0.29, 0.717) is 5.56 Å². The summed E-state index contributed by atoms with van der Waals surface area (Å²) in [7, 11) is 0. The summed E-state index contributed by atoms with van der Waals surface area (Å²) in [5, 5.41) is 9.35. The molecule has 2 atom stereocenters. The van der Waals surface area contributed by atoms with Crippen molar-refractivity contribution in [1.82, 2.24) is 15.4 Å². The highest BCUT2D eigenvalue weighted by molar-refractivity contribution is 7.81. The second-order valence-electron chi connectivity index (χ2n) is 3.97. The topological polar surface area (TPSA) is 130 Å². The number of carbonyl (C=O) groups excluding carboxylic acids is 3. The predicted octanol–water partition coefficient (Wildman–Crippen LogP) is -1.49. The summed E-state index contributed by atoms with van der Waals surface area (Å²) in [6, 6.07) is 4.58. The van der Waals surface area contributed by atoms with Crippen molar-refractivity contribution in [2.24, 2.45) is 5.14 Å². The number of nitrogens with one attached hydrogen (secondary N) is 3. The van der Waals surface area contributed by atoms with Gasteiger partial charge in [-0.25, -0.2) is 14.1 Å². The van der Waals surface area contributed by atoms with Gasteiger partial charge in [0.25, 0.3) is 11.8 Å². The Morgan fingerprint density at radius 2 is 1.95 bits per heavy atom. The van der Waals surface area contributed by atoms with Crippen LogP contribution in [-0.4, -0.2) is 28.1 Å². The predicted molar refractivity (Wildman–Crippen MR) is 73.6 cm³/mol. The van der Waals surface area contributed by atoms with Crippen LogP contribution in [0.2, 0.25) is 0 Å². The first-order valence-corrected chi connectivity index (χ1v) is 6.87. The van der Waals surface area contributed by atoms with Crippen LogP contribution in [-0.2, 0) is 16.0 Å². The van der Waals surface area contributed by atoms with Crippen LogP contribution in [0.15, 0.2) is 24.3 Å². The Balaban J connectivity index is 2.07. The van der Waals surface area contributed by atoms with Crippen molar-refractivity contribution in [3.8, 4) is 11.8 Å². The molecule has 4 amide bonds. The average molecular weight is 306 g/mol. The number of carbonyl (C=O) groups is 3. The van der Waals surface area contributed by atoms with Gasteiger partial charge in [-0.05, 0) is 24.3 Å². The molecule has 1 fully saturated rings. The highest BCUT2D eigenvalue weighted by atomic mass is 32.2. The average Bonchev–Trinajstić information content (AvgIpc) is 2.74. The Morgan fingerprint density at radius 1 is 1.29 bits per heavy atom. The third kappa shape index (κ3) is 3.88. The van der Waals surface area contributed by atoms with Crippen LogP contribution in [0.3, 0.4) is 0 Å². The number of urea groups is 1. The van der Waals surface area contributed by atoms with Crippen molar-refractivity contribution in [2.45, 2.75) is 6.04 Å². The maximum atomic E-state index is 11.5. The zero-order chi connectivity index (χ0) is 15.4. The molecular weight excluding hydrogens is 296 g/mol. The maximum absolute atomic E-state index is 11.5. The minimum absolute atomic E-state index is 0.270. The molecule has 1 saturated heterocycles. The fraction of sp³-hybridized carbons (Fsp3) is 0.0833. The number of imide groups is 1. The second-order valence-corrected chi connectivity index (χ2v) is 4.77. The SMILES string of the molecule is NS(=O)NC(=O)c1ccc(C#CC2NC(=O)NC2=O)cc1. The number of benzene rings is 1. The van der Waals surface area contributed by atoms with Crippen LogP contribution in [0.4, 0.5) is 4.79 Å². The summed E-state index contributed by atoms with van der Waals surface area (Å²) in [4.78, 5) is 33.6. The van der Waals surface area contributed by atoms with Gasteiger partial charge < -0.3 is 5.32 Å².